The average molecular weight is 178 g/mol. The fourth-order valence-corrected chi connectivity index (χ4v) is 0.704. The maximum absolute atomic E-state index is 3.05. The van der Waals surface area contributed by atoms with Crippen molar-refractivity contribution in [2.75, 3.05) is 0 Å². The van der Waals surface area contributed by atoms with E-state index in [4.69, 9.17) is 0 Å². The van der Waals surface area contributed by atoms with E-state index in [9.17, 15) is 0 Å². The zero-order chi connectivity index (χ0) is 10.7. The monoisotopic (exact) mass is 178 g/mol. The summed E-state index contributed by atoms with van der Waals surface area (Å²) in [6.07, 6.45) is 8.05. The number of hydrogen-bond acceptors (Lipinski definition) is 0. The molecule has 0 heteroatoms. The molecule has 0 N–H and O–H groups in total. The number of rotatable bonds is 2. The van der Waals surface area contributed by atoms with Crippen molar-refractivity contribution >= 4 is 0 Å². The highest BCUT2D eigenvalue weighted by Crippen LogP contribution is 2.05. The van der Waals surface area contributed by atoms with E-state index >= 15 is 0 Å². The quantitative estimate of drug-likeness (QED) is 0.426. The van der Waals surface area contributed by atoms with Crippen LogP contribution in [-0.2, 0) is 0 Å². The highest BCUT2D eigenvalue weighted by molar-refractivity contribution is 5.29. The van der Waals surface area contributed by atoms with E-state index in [1.54, 1.807) is 0 Å². The van der Waals surface area contributed by atoms with Gasteiger partial charge in [-0.1, -0.05) is 26.0 Å². The molecule has 13 heavy (non-hydrogen) atoms. The molecule has 0 aromatic carbocycles. The third kappa shape index (κ3) is 8.91. The Balaban J connectivity index is 0. The van der Waals surface area contributed by atoms with Gasteiger partial charge in [0.2, 0.25) is 0 Å². The van der Waals surface area contributed by atoms with Crippen LogP contribution in [-0.4, -0.2) is 0 Å². The largest absolute Gasteiger partial charge is 0.125 e. The molecule has 0 saturated carbocycles. The van der Waals surface area contributed by atoms with E-state index in [1.807, 2.05) is 45.9 Å². The van der Waals surface area contributed by atoms with Gasteiger partial charge in [-0.15, -0.1) is 5.73 Å². The minimum atomic E-state index is 1.27. The summed E-state index contributed by atoms with van der Waals surface area (Å²) in [6, 6.07) is 0. The van der Waals surface area contributed by atoms with Gasteiger partial charge in [0.1, 0.15) is 0 Å². The normalized spacial score (nSPS) is 10.9. The van der Waals surface area contributed by atoms with Gasteiger partial charge in [-0.05, 0) is 51.0 Å². The molecule has 0 rings (SSSR count). The summed E-state index contributed by atoms with van der Waals surface area (Å²) >= 11 is 0. The smallest absolute Gasteiger partial charge is 0.0171 e. The Bertz CT molecular complexity index is 220. The predicted octanol–water partition coefficient (Wildman–Crippen LogP) is 4.66. The Hall–Kier alpha value is -1.00. The Labute approximate surface area is 83.4 Å². The molecule has 0 unspecified atom stereocenters. The highest BCUT2D eigenvalue weighted by Gasteiger charge is 1.85. The lowest BCUT2D eigenvalue weighted by molar-refractivity contribution is 1.37. The third-order valence-electron chi connectivity index (χ3n) is 1.51. The molecule has 0 radical (unpaired) electrons. The standard InChI is InChI=1S/C11H16.C2H6/c1-5-7-9-11(4)10(3)8-6-2;1-2/h5-6,8-9H,1-4H3;1-2H3/b8-6-,11-10-;. The molecule has 0 fully saturated rings. The van der Waals surface area contributed by atoms with Crippen LogP contribution in [0.4, 0.5) is 0 Å². The van der Waals surface area contributed by atoms with Crippen LogP contribution < -0.4 is 0 Å². The molecule has 0 aromatic heterocycles. The third-order valence-corrected chi connectivity index (χ3v) is 1.51. The second-order valence-corrected chi connectivity index (χ2v) is 2.47. The Morgan fingerprint density at radius 3 is 1.92 bits per heavy atom. The minimum Gasteiger partial charge on any atom is -0.125 e. The number of allylic oxidation sites excluding steroid dienone is 5. The Kier molecular flexibility index (Phi) is 12.3. The van der Waals surface area contributed by atoms with Gasteiger partial charge in [0.05, 0.1) is 0 Å². The second-order valence-electron chi connectivity index (χ2n) is 2.47. The van der Waals surface area contributed by atoms with Crippen LogP contribution in [0.2, 0.25) is 0 Å². The summed E-state index contributed by atoms with van der Waals surface area (Å²) in [7, 11) is 0. The molecule has 0 atom stereocenters. The van der Waals surface area contributed by atoms with Crippen LogP contribution in [0, 0.1) is 0 Å². The van der Waals surface area contributed by atoms with Gasteiger partial charge < -0.3 is 0 Å². The molecule has 74 valence electrons. The van der Waals surface area contributed by atoms with Crippen molar-refractivity contribution in [2.24, 2.45) is 0 Å². The van der Waals surface area contributed by atoms with Crippen LogP contribution in [0.3, 0.4) is 0 Å². The molecular weight excluding hydrogens is 156 g/mol. The second kappa shape index (κ2) is 11.0. The summed E-state index contributed by atoms with van der Waals surface area (Å²) < 4.78 is 0. The van der Waals surface area contributed by atoms with Crippen molar-refractivity contribution in [3.8, 4) is 0 Å². The molecule has 0 saturated heterocycles. The van der Waals surface area contributed by atoms with Gasteiger partial charge in [-0.3, -0.25) is 0 Å². The predicted molar refractivity (Wildman–Crippen MR) is 62.9 cm³/mol. The Morgan fingerprint density at radius 2 is 1.54 bits per heavy atom. The van der Waals surface area contributed by atoms with Gasteiger partial charge in [0.15, 0.2) is 0 Å². The molecule has 0 aliphatic rings. The fraction of sp³-hybridized carbons (Fsp3) is 0.462. The van der Waals surface area contributed by atoms with Crippen LogP contribution >= 0.6 is 0 Å². The van der Waals surface area contributed by atoms with Crippen molar-refractivity contribution in [1.82, 2.24) is 0 Å². The van der Waals surface area contributed by atoms with Crippen LogP contribution in [0.15, 0.2) is 41.2 Å². The van der Waals surface area contributed by atoms with Crippen LogP contribution in [0.5, 0.6) is 0 Å². The SMILES string of the molecule is CC.CC=C=C/C(C)=C(C)\C=C/C. The lowest BCUT2D eigenvalue weighted by atomic mass is 10.1. The first-order chi connectivity index (χ1) is 6.22. The van der Waals surface area contributed by atoms with E-state index in [-0.39, 0.29) is 0 Å². The highest BCUT2D eigenvalue weighted by atomic mass is 13.9. The van der Waals surface area contributed by atoms with E-state index < -0.39 is 0 Å². The molecule has 0 bridgehead atoms. The fourth-order valence-electron chi connectivity index (χ4n) is 0.704. The topological polar surface area (TPSA) is 0 Å². The van der Waals surface area contributed by atoms with E-state index in [0.29, 0.717) is 0 Å². The zero-order valence-corrected chi connectivity index (χ0v) is 9.81. The van der Waals surface area contributed by atoms with Crippen molar-refractivity contribution in [1.29, 1.82) is 0 Å². The molecule has 0 aliphatic heterocycles. The van der Waals surface area contributed by atoms with Crippen LogP contribution in [0.1, 0.15) is 41.5 Å². The first kappa shape index (κ1) is 14.5. The van der Waals surface area contributed by atoms with Crippen molar-refractivity contribution in [2.45, 2.75) is 41.5 Å². The number of hydrogen-bond donors (Lipinski definition) is 0. The van der Waals surface area contributed by atoms with E-state index in [2.05, 4.69) is 25.7 Å². The molecule has 0 aliphatic carbocycles. The van der Waals surface area contributed by atoms with Gasteiger partial charge >= 0.3 is 0 Å². The van der Waals surface area contributed by atoms with Gasteiger partial charge in [0, 0.05) is 0 Å². The molecular formula is C13H22. The molecule has 0 aromatic rings. The lowest BCUT2D eigenvalue weighted by Gasteiger charge is -1.93. The lowest BCUT2D eigenvalue weighted by Crippen LogP contribution is -1.73. The summed E-state index contributed by atoms with van der Waals surface area (Å²) in [5, 5.41) is 0. The molecule has 0 spiro atoms. The summed E-state index contributed by atoms with van der Waals surface area (Å²) in [6.45, 7) is 12.2. The van der Waals surface area contributed by atoms with Crippen molar-refractivity contribution in [3.05, 3.63) is 41.2 Å². The van der Waals surface area contributed by atoms with Crippen molar-refractivity contribution < 1.29 is 0 Å². The first-order valence-electron chi connectivity index (χ1n) is 4.89. The van der Waals surface area contributed by atoms with E-state index in [0.717, 1.165) is 0 Å². The molecule has 0 amide bonds. The maximum atomic E-state index is 3.05. The van der Waals surface area contributed by atoms with Gasteiger partial charge in [-0.2, -0.15) is 0 Å². The van der Waals surface area contributed by atoms with Crippen LogP contribution in [0.25, 0.3) is 0 Å². The summed E-state index contributed by atoms with van der Waals surface area (Å²) in [4.78, 5) is 0. The van der Waals surface area contributed by atoms with Crippen molar-refractivity contribution in [3.63, 3.8) is 0 Å². The van der Waals surface area contributed by atoms with E-state index in [1.165, 1.54) is 11.1 Å². The van der Waals surface area contributed by atoms with Gasteiger partial charge in [0.25, 0.3) is 0 Å². The zero-order valence-electron chi connectivity index (χ0n) is 9.81. The van der Waals surface area contributed by atoms with Gasteiger partial charge in [-0.25, -0.2) is 0 Å². The first-order valence-corrected chi connectivity index (χ1v) is 4.89. The molecule has 0 nitrogen and oxygen atoms in total. The summed E-state index contributed by atoms with van der Waals surface area (Å²) in [5.41, 5.74) is 5.60. The summed E-state index contributed by atoms with van der Waals surface area (Å²) in [5.74, 6) is 0. The Morgan fingerprint density at radius 1 is 1.00 bits per heavy atom. The molecule has 0 heterocycles. The minimum absolute atomic E-state index is 1.27. The maximum Gasteiger partial charge on any atom is -0.0171 e. The average Bonchev–Trinajstić information content (AvgIpc) is 2.17.